The number of unbranched alkanes of at least 4 members (excludes halogenated alkanes) is 2. The van der Waals surface area contributed by atoms with Gasteiger partial charge in [-0.2, -0.15) is 0 Å². The highest BCUT2D eigenvalue weighted by Crippen LogP contribution is 2.10. The molecule has 0 saturated carbocycles. The monoisotopic (exact) mass is 200 g/mol. The number of carbonyl (C=O) groups excluding carboxylic acids is 1. The van der Waals surface area contributed by atoms with E-state index in [1.54, 1.807) is 0 Å². The maximum Gasteiger partial charge on any atom is 0.220 e. The summed E-state index contributed by atoms with van der Waals surface area (Å²) >= 11 is 0. The minimum Gasteiger partial charge on any atom is -0.356 e. The Hall–Kier alpha value is -0.570. The fourth-order valence-electron chi connectivity index (χ4n) is 1.06. The molecular formula is C11H24N2O. The summed E-state index contributed by atoms with van der Waals surface area (Å²) in [5.74, 6) is 0.164. The van der Waals surface area contributed by atoms with E-state index in [-0.39, 0.29) is 11.3 Å². The molecule has 0 aliphatic rings. The lowest BCUT2D eigenvalue weighted by Gasteiger charge is -2.18. The molecule has 3 nitrogen and oxygen atoms in total. The Labute approximate surface area is 87.4 Å². The molecule has 0 bridgehead atoms. The third-order valence-electron chi connectivity index (χ3n) is 1.92. The predicted molar refractivity (Wildman–Crippen MR) is 60.0 cm³/mol. The molecule has 0 aliphatic carbocycles. The van der Waals surface area contributed by atoms with Crippen molar-refractivity contribution in [3.63, 3.8) is 0 Å². The number of rotatable bonds is 6. The molecular weight excluding hydrogens is 176 g/mol. The Bertz CT molecular complexity index is 161. The summed E-state index contributed by atoms with van der Waals surface area (Å²) in [4.78, 5) is 11.3. The molecule has 0 radical (unpaired) electrons. The normalized spacial score (nSPS) is 11.4. The molecule has 3 heteroatoms. The topological polar surface area (TPSA) is 55.1 Å². The van der Waals surface area contributed by atoms with Crippen molar-refractivity contribution in [1.29, 1.82) is 0 Å². The van der Waals surface area contributed by atoms with Crippen molar-refractivity contribution in [2.75, 3.05) is 13.1 Å². The van der Waals surface area contributed by atoms with Crippen molar-refractivity contribution in [3.05, 3.63) is 0 Å². The molecule has 0 fully saturated rings. The highest BCUT2D eigenvalue weighted by molar-refractivity contribution is 5.75. The summed E-state index contributed by atoms with van der Waals surface area (Å²) in [6.07, 6.45) is 3.66. The summed E-state index contributed by atoms with van der Waals surface area (Å²) in [6.45, 7) is 7.82. The lowest BCUT2D eigenvalue weighted by atomic mass is 9.97. The van der Waals surface area contributed by atoms with Crippen molar-refractivity contribution in [3.8, 4) is 0 Å². The van der Waals surface area contributed by atoms with E-state index in [2.05, 4.69) is 26.1 Å². The van der Waals surface area contributed by atoms with Crippen molar-refractivity contribution in [2.24, 2.45) is 11.1 Å². The van der Waals surface area contributed by atoms with E-state index in [1.165, 1.54) is 0 Å². The Kier molecular flexibility index (Phi) is 6.54. The largest absolute Gasteiger partial charge is 0.356 e. The number of carbonyl (C=O) groups is 1. The minimum absolute atomic E-state index is 0.164. The third-order valence-corrected chi connectivity index (χ3v) is 1.92. The smallest absolute Gasteiger partial charge is 0.220 e. The Morgan fingerprint density at radius 3 is 2.36 bits per heavy atom. The molecule has 0 aromatic rings. The quantitative estimate of drug-likeness (QED) is 0.641. The lowest BCUT2D eigenvalue weighted by molar-refractivity contribution is -0.121. The molecule has 0 saturated heterocycles. The van der Waals surface area contributed by atoms with Gasteiger partial charge < -0.3 is 11.1 Å². The van der Waals surface area contributed by atoms with Crippen molar-refractivity contribution >= 4 is 5.91 Å². The second-order valence-corrected chi connectivity index (χ2v) is 4.94. The fourth-order valence-corrected chi connectivity index (χ4v) is 1.06. The van der Waals surface area contributed by atoms with Gasteiger partial charge in [0.2, 0.25) is 5.91 Å². The number of amides is 1. The molecule has 84 valence electrons. The molecule has 0 rings (SSSR count). The number of hydrogen-bond acceptors (Lipinski definition) is 2. The van der Waals surface area contributed by atoms with Gasteiger partial charge in [-0.1, -0.05) is 27.2 Å². The Morgan fingerprint density at radius 1 is 1.21 bits per heavy atom. The van der Waals surface area contributed by atoms with Crippen LogP contribution in [0, 0.1) is 5.41 Å². The third kappa shape index (κ3) is 9.52. The van der Waals surface area contributed by atoms with Gasteiger partial charge in [-0.25, -0.2) is 0 Å². The van der Waals surface area contributed by atoms with Crippen LogP contribution in [0.5, 0.6) is 0 Å². The average Bonchev–Trinajstić information content (AvgIpc) is 2.08. The first kappa shape index (κ1) is 13.4. The van der Waals surface area contributed by atoms with Crippen LogP contribution in [0.25, 0.3) is 0 Å². The molecule has 1 amide bonds. The first-order chi connectivity index (χ1) is 6.45. The van der Waals surface area contributed by atoms with Crippen molar-refractivity contribution < 1.29 is 4.79 Å². The Balaban J connectivity index is 3.38. The average molecular weight is 200 g/mol. The highest BCUT2D eigenvalue weighted by Gasteiger charge is 2.11. The number of hydrogen-bond donors (Lipinski definition) is 2. The van der Waals surface area contributed by atoms with Crippen LogP contribution in [0.4, 0.5) is 0 Å². The minimum atomic E-state index is 0.164. The van der Waals surface area contributed by atoms with Gasteiger partial charge in [0, 0.05) is 13.0 Å². The molecule has 0 aromatic heterocycles. The van der Waals surface area contributed by atoms with Crippen LogP contribution in [0.3, 0.4) is 0 Å². The second-order valence-electron chi connectivity index (χ2n) is 4.94. The molecule has 0 atom stereocenters. The van der Waals surface area contributed by atoms with E-state index < -0.39 is 0 Å². The molecule has 0 aliphatic heterocycles. The van der Waals surface area contributed by atoms with Gasteiger partial charge in [0.15, 0.2) is 0 Å². The maximum atomic E-state index is 11.3. The zero-order valence-electron chi connectivity index (χ0n) is 9.73. The predicted octanol–water partition coefficient (Wildman–Crippen LogP) is 1.67. The summed E-state index contributed by atoms with van der Waals surface area (Å²) in [5, 5.41) is 2.93. The highest BCUT2D eigenvalue weighted by atomic mass is 16.1. The first-order valence-electron chi connectivity index (χ1n) is 5.42. The summed E-state index contributed by atoms with van der Waals surface area (Å²) in [6, 6.07) is 0. The van der Waals surface area contributed by atoms with Crippen LogP contribution in [0.1, 0.15) is 46.5 Å². The van der Waals surface area contributed by atoms with E-state index in [0.717, 1.165) is 32.4 Å². The second kappa shape index (κ2) is 6.82. The SMILES string of the molecule is CC(C)(C)CNC(=O)CCCCCN. The fraction of sp³-hybridized carbons (Fsp3) is 0.909. The molecule has 0 unspecified atom stereocenters. The van der Waals surface area contributed by atoms with Gasteiger partial charge in [-0.15, -0.1) is 0 Å². The maximum absolute atomic E-state index is 11.3. The van der Waals surface area contributed by atoms with Gasteiger partial charge in [0.1, 0.15) is 0 Å². The van der Waals surface area contributed by atoms with Gasteiger partial charge in [0.05, 0.1) is 0 Å². The van der Waals surface area contributed by atoms with Gasteiger partial charge in [-0.05, 0) is 24.8 Å². The van der Waals surface area contributed by atoms with E-state index in [0.29, 0.717) is 6.42 Å². The van der Waals surface area contributed by atoms with Crippen LogP contribution in [0.15, 0.2) is 0 Å². The standard InChI is InChI=1S/C11H24N2O/c1-11(2,3)9-13-10(14)7-5-4-6-8-12/h4-9,12H2,1-3H3,(H,13,14). The molecule has 14 heavy (non-hydrogen) atoms. The molecule has 0 spiro atoms. The van der Waals surface area contributed by atoms with E-state index in [1.807, 2.05) is 0 Å². The number of nitrogens with two attached hydrogens (primary N) is 1. The van der Waals surface area contributed by atoms with Crippen molar-refractivity contribution in [2.45, 2.75) is 46.5 Å². The number of nitrogens with one attached hydrogen (secondary N) is 1. The van der Waals surface area contributed by atoms with Gasteiger partial charge >= 0.3 is 0 Å². The Morgan fingerprint density at radius 2 is 1.86 bits per heavy atom. The summed E-state index contributed by atoms with van der Waals surface area (Å²) < 4.78 is 0. The zero-order chi connectivity index (χ0) is 11.0. The van der Waals surface area contributed by atoms with Crippen LogP contribution < -0.4 is 11.1 Å². The van der Waals surface area contributed by atoms with Crippen LogP contribution in [0.2, 0.25) is 0 Å². The van der Waals surface area contributed by atoms with E-state index in [9.17, 15) is 4.79 Å². The van der Waals surface area contributed by atoms with Crippen LogP contribution in [-0.4, -0.2) is 19.0 Å². The van der Waals surface area contributed by atoms with E-state index >= 15 is 0 Å². The summed E-state index contributed by atoms with van der Waals surface area (Å²) in [7, 11) is 0. The van der Waals surface area contributed by atoms with Crippen LogP contribution in [-0.2, 0) is 4.79 Å². The summed E-state index contributed by atoms with van der Waals surface area (Å²) in [5.41, 5.74) is 5.53. The van der Waals surface area contributed by atoms with Crippen molar-refractivity contribution in [1.82, 2.24) is 5.32 Å². The molecule has 3 N–H and O–H groups in total. The lowest BCUT2D eigenvalue weighted by Crippen LogP contribution is -2.32. The zero-order valence-corrected chi connectivity index (χ0v) is 9.73. The van der Waals surface area contributed by atoms with E-state index in [4.69, 9.17) is 5.73 Å². The van der Waals surface area contributed by atoms with Gasteiger partial charge in [-0.3, -0.25) is 4.79 Å². The molecule has 0 heterocycles. The molecule has 0 aromatic carbocycles. The first-order valence-corrected chi connectivity index (χ1v) is 5.42. The van der Waals surface area contributed by atoms with Crippen LogP contribution >= 0.6 is 0 Å². The van der Waals surface area contributed by atoms with Gasteiger partial charge in [0.25, 0.3) is 0 Å².